The van der Waals surface area contributed by atoms with Crippen molar-refractivity contribution in [3.8, 4) is 5.75 Å². The molecule has 2 aliphatic rings. The van der Waals surface area contributed by atoms with Gasteiger partial charge in [-0.25, -0.2) is 0 Å². The fraction of sp³-hybridized carbons (Fsp3) is 0.500. The summed E-state index contributed by atoms with van der Waals surface area (Å²) in [4.78, 5) is 6.48. The number of morpholine rings is 1. The van der Waals surface area contributed by atoms with E-state index in [9.17, 15) is 13.2 Å². The Hall–Kier alpha value is -2.02. The van der Waals surface area contributed by atoms with Crippen molar-refractivity contribution in [3.05, 3.63) is 47.8 Å². The van der Waals surface area contributed by atoms with Crippen molar-refractivity contribution in [2.24, 2.45) is 12.0 Å². The van der Waals surface area contributed by atoms with Gasteiger partial charge in [0.05, 0.1) is 19.3 Å². The van der Waals surface area contributed by atoms with Gasteiger partial charge >= 0.3 is 6.36 Å². The third-order valence-corrected chi connectivity index (χ3v) is 5.32. The van der Waals surface area contributed by atoms with Crippen molar-refractivity contribution in [2.75, 3.05) is 26.7 Å². The number of nitrogens with one attached hydrogen (secondary N) is 1. The van der Waals surface area contributed by atoms with Crippen LogP contribution < -0.4 is 10.1 Å². The fourth-order valence-electron chi connectivity index (χ4n) is 3.82. The van der Waals surface area contributed by atoms with E-state index in [1.165, 1.54) is 6.07 Å². The second kappa shape index (κ2) is 9.63. The molecule has 1 N–H and O–H groups in total. The molecule has 0 bridgehead atoms. The minimum atomic E-state index is -4.71. The minimum absolute atomic E-state index is 0. The first-order valence-electron chi connectivity index (χ1n) is 9.77. The summed E-state index contributed by atoms with van der Waals surface area (Å²) in [6.07, 6.45) is -0.383. The van der Waals surface area contributed by atoms with Gasteiger partial charge in [0.2, 0.25) is 0 Å². The van der Waals surface area contributed by atoms with Crippen LogP contribution in [0, 0.1) is 0 Å². The summed E-state index contributed by atoms with van der Waals surface area (Å²) in [7, 11) is 3.56. The van der Waals surface area contributed by atoms with Gasteiger partial charge in [-0.15, -0.1) is 37.1 Å². The summed E-state index contributed by atoms with van der Waals surface area (Å²) in [6.45, 7) is 1.86. The fourth-order valence-corrected chi connectivity index (χ4v) is 3.82. The molecule has 1 aliphatic heterocycles. The highest BCUT2D eigenvalue weighted by Gasteiger charge is 2.43. The lowest BCUT2D eigenvalue weighted by molar-refractivity contribution is -0.274. The normalized spacial score (nSPS) is 23.8. The highest BCUT2D eigenvalue weighted by Crippen LogP contribution is 2.45. The van der Waals surface area contributed by atoms with E-state index in [-0.39, 0.29) is 47.8 Å². The predicted molar refractivity (Wildman–Crippen MR) is 120 cm³/mol. The Morgan fingerprint density at radius 3 is 2.77 bits per heavy atom. The van der Waals surface area contributed by atoms with E-state index >= 15 is 0 Å². The number of halogens is 4. The Morgan fingerprint density at radius 1 is 1.32 bits per heavy atom. The van der Waals surface area contributed by atoms with Crippen molar-refractivity contribution >= 4 is 29.9 Å². The molecule has 3 unspecified atom stereocenters. The number of nitrogens with zero attached hydrogens (tertiary/aromatic N) is 4. The Labute approximate surface area is 195 Å². The number of hydrogen-bond donors (Lipinski definition) is 1. The Balaban J connectivity index is 0.00000272. The molecule has 11 heteroatoms. The molecule has 1 aliphatic carbocycles. The van der Waals surface area contributed by atoms with Crippen LogP contribution in [0.3, 0.4) is 0 Å². The number of aromatic nitrogens is 2. The molecular formula is C20H25F3IN5O2. The molecule has 0 radical (unpaired) electrons. The molecule has 1 aromatic carbocycles. The molecule has 1 aromatic heterocycles. The van der Waals surface area contributed by atoms with Crippen LogP contribution in [-0.4, -0.2) is 59.8 Å². The number of guanidine groups is 1. The first-order valence-corrected chi connectivity index (χ1v) is 9.77. The number of rotatable bonds is 4. The lowest BCUT2D eigenvalue weighted by Gasteiger charge is -2.34. The molecule has 1 saturated carbocycles. The highest BCUT2D eigenvalue weighted by molar-refractivity contribution is 14.0. The number of aryl methyl sites for hydroxylation is 1. The van der Waals surface area contributed by atoms with Gasteiger partial charge in [-0.05, 0) is 18.1 Å². The van der Waals surface area contributed by atoms with Gasteiger partial charge in [-0.1, -0.05) is 18.2 Å². The van der Waals surface area contributed by atoms with Crippen molar-refractivity contribution in [1.29, 1.82) is 0 Å². The van der Waals surface area contributed by atoms with Crippen LogP contribution in [0.4, 0.5) is 13.2 Å². The number of benzene rings is 1. The van der Waals surface area contributed by atoms with Gasteiger partial charge in [0.15, 0.2) is 5.96 Å². The zero-order chi connectivity index (χ0) is 21.3. The molecule has 1 saturated heterocycles. The second-order valence-electron chi connectivity index (χ2n) is 7.48. The molecule has 4 rings (SSSR count). The molecule has 0 spiro atoms. The van der Waals surface area contributed by atoms with E-state index in [0.29, 0.717) is 37.6 Å². The third-order valence-electron chi connectivity index (χ3n) is 5.32. The lowest BCUT2D eigenvalue weighted by Crippen LogP contribution is -2.48. The van der Waals surface area contributed by atoms with Crippen LogP contribution in [0.1, 0.15) is 29.6 Å². The average Bonchev–Trinajstić information content (AvgIpc) is 3.34. The van der Waals surface area contributed by atoms with Crippen LogP contribution in [-0.2, 0) is 11.8 Å². The summed E-state index contributed by atoms with van der Waals surface area (Å²) in [5, 5.41) is 7.59. The van der Waals surface area contributed by atoms with Gasteiger partial charge in [0.25, 0.3) is 0 Å². The van der Waals surface area contributed by atoms with Gasteiger partial charge in [0, 0.05) is 44.4 Å². The van der Waals surface area contributed by atoms with E-state index in [4.69, 9.17) is 4.74 Å². The molecule has 0 amide bonds. The molecule has 2 aromatic rings. The Kier molecular flexibility index (Phi) is 7.35. The van der Waals surface area contributed by atoms with Crippen LogP contribution >= 0.6 is 24.0 Å². The van der Waals surface area contributed by atoms with E-state index in [2.05, 4.69) is 25.0 Å². The summed E-state index contributed by atoms with van der Waals surface area (Å²) >= 11 is 0. The van der Waals surface area contributed by atoms with Crippen LogP contribution in [0.15, 0.2) is 41.7 Å². The van der Waals surface area contributed by atoms with Crippen molar-refractivity contribution in [2.45, 2.75) is 30.8 Å². The summed E-state index contributed by atoms with van der Waals surface area (Å²) in [5.74, 6) is 0.515. The molecule has 2 fully saturated rings. The predicted octanol–water partition coefficient (Wildman–Crippen LogP) is 3.44. The molecule has 170 valence electrons. The van der Waals surface area contributed by atoms with Crippen LogP contribution in [0.2, 0.25) is 0 Å². The molecule has 2 heterocycles. The SMILES string of the molecule is CN=C(NC1CC1c1ccccc1OC(F)(F)F)N1CCOC(c2cnn(C)c2)C1.I. The average molecular weight is 551 g/mol. The maximum absolute atomic E-state index is 12.7. The minimum Gasteiger partial charge on any atom is -0.405 e. The van der Waals surface area contributed by atoms with Crippen molar-refractivity contribution < 1.29 is 22.6 Å². The number of ether oxygens (including phenoxy) is 2. The van der Waals surface area contributed by atoms with Crippen molar-refractivity contribution in [1.82, 2.24) is 20.0 Å². The number of alkyl halides is 3. The van der Waals surface area contributed by atoms with E-state index in [1.54, 1.807) is 36.1 Å². The van der Waals surface area contributed by atoms with Gasteiger partial charge in [-0.3, -0.25) is 9.67 Å². The smallest absolute Gasteiger partial charge is 0.405 e. The summed E-state index contributed by atoms with van der Waals surface area (Å²) < 4.78 is 49.9. The largest absolute Gasteiger partial charge is 0.573 e. The Morgan fingerprint density at radius 2 is 2.10 bits per heavy atom. The molecule has 3 atom stereocenters. The van der Waals surface area contributed by atoms with E-state index in [0.717, 1.165) is 5.56 Å². The first kappa shape index (κ1) is 23.6. The number of para-hydroxylation sites is 1. The molecule has 7 nitrogen and oxygen atoms in total. The standard InChI is InChI=1S/C20H24F3N5O2.HI/c1-24-19(28-7-8-29-18(12-28)13-10-25-27(2)11-13)26-16-9-15(16)14-5-3-4-6-17(14)30-20(21,22)23;/h3-6,10-11,15-16,18H,7-9,12H2,1-2H3,(H,24,26);1H. The zero-order valence-electron chi connectivity index (χ0n) is 17.2. The maximum Gasteiger partial charge on any atom is 0.573 e. The quantitative estimate of drug-likeness (QED) is 0.359. The summed E-state index contributed by atoms with van der Waals surface area (Å²) in [5.41, 5.74) is 1.55. The van der Waals surface area contributed by atoms with Crippen LogP contribution in [0.5, 0.6) is 5.75 Å². The van der Waals surface area contributed by atoms with Crippen molar-refractivity contribution in [3.63, 3.8) is 0 Å². The van der Waals surface area contributed by atoms with Gasteiger partial charge in [0.1, 0.15) is 11.9 Å². The maximum atomic E-state index is 12.7. The monoisotopic (exact) mass is 551 g/mol. The van der Waals surface area contributed by atoms with E-state index in [1.807, 2.05) is 13.2 Å². The molecule has 31 heavy (non-hydrogen) atoms. The zero-order valence-corrected chi connectivity index (χ0v) is 19.5. The van der Waals surface area contributed by atoms with Crippen LogP contribution in [0.25, 0.3) is 0 Å². The number of hydrogen-bond acceptors (Lipinski definition) is 4. The lowest BCUT2D eigenvalue weighted by atomic mass is 10.1. The van der Waals surface area contributed by atoms with Gasteiger partial charge in [-0.2, -0.15) is 5.10 Å². The highest BCUT2D eigenvalue weighted by atomic mass is 127. The summed E-state index contributed by atoms with van der Waals surface area (Å²) in [6, 6.07) is 6.31. The Bertz CT molecular complexity index is 920. The van der Waals surface area contributed by atoms with E-state index < -0.39 is 6.36 Å². The molecular weight excluding hydrogens is 526 g/mol. The second-order valence-corrected chi connectivity index (χ2v) is 7.48. The van der Waals surface area contributed by atoms with Gasteiger partial charge < -0.3 is 19.7 Å². The topological polar surface area (TPSA) is 63.9 Å². The first-order chi connectivity index (χ1) is 14.3. The third kappa shape index (κ3) is 5.82. The number of aliphatic imine (C=N–C) groups is 1.